The third kappa shape index (κ3) is 3.98. The Bertz CT molecular complexity index is 627. The molecule has 0 saturated heterocycles. The zero-order chi connectivity index (χ0) is 14.7. The average Bonchev–Trinajstić information content (AvgIpc) is 2.68. The summed E-state index contributed by atoms with van der Waals surface area (Å²) in [4.78, 5) is 16.4. The highest BCUT2D eigenvalue weighted by Crippen LogP contribution is 2.38. The number of benzene rings is 1. The van der Waals surface area contributed by atoms with Crippen LogP contribution in [0.4, 0.5) is 0 Å². The van der Waals surface area contributed by atoms with Crippen LogP contribution in [0, 0.1) is 6.92 Å². The first kappa shape index (κ1) is 15.4. The molecule has 2 N–H and O–H groups in total. The third-order valence-electron chi connectivity index (χ3n) is 2.80. The first-order valence-corrected chi connectivity index (χ1v) is 8.20. The second kappa shape index (κ2) is 6.61. The molecule has 0 fully saturated rings. The second-order valence-corrected chi connectivity index (χ2v) is 7.55. The zero-order valence-electron chi connectivity index (χ0n) is 11.2. The number of carbonyl (C=O) groups excluding carboxylic acids is 1. The predicted octanol–water partition coefficient (Wildman–Crippen LogP) is 3.99. The molecule has 1 amide bonds. The fraction of sp³-hybridized carbons (Fsp3) is 0.286. The van der Waals surface area contributed by atoms with E-state index >= 15 is 0 Å². The number of carbonyl (C=O) groups is 1. The Hall–Kier alpha value is -1.04. The highest BCUT2D eigenvalue weighted by molar-refractivity contribution is 8.01. The van der Waals surface area contributed by atoms with Gasteiger partial charge in [0, 0.05) is 15.1 Å². The highest BCUT2D eigenvalue weighted by Gasteiger charge is 2.14. The Morgan fingerprint density at radius 1 is 1.55 bits per heavy atom. The summed E-state index contributed by atoms with van der Waals surface area (Å²) in [6.07, 6.45) is 0.260. The average molecular weight is 327 g/mol. The highest BCUT2D eigenvalue weighted by atomic mass is 35.5. The number of thioether (sulfide) groups is 1. The molecule has 6 heteroatoms. The molecule has 0 unspecified atom stereocenters. The number of thiazole rings is 1. The van der Waals surface area contributed by atoms with E-state index in [4.69, 9.17) is 17.3 Å². The van der Waals surface area contributed by atoms with Crippen molar-refractivity contribution >= 4 is 40.6 Å². The molecule has 2 aromatic rings. The molecule has 0 aliphatic rings. The molecular weight excluding hydrogens is 312 g/mol. The van der Waals surface area contributed by atoms with Gasteiger partial charge in [-0.1, -0.05) is 35.5 Å². The minimum atomic E-state index is -0.323. The van der Waals surface area contributed by atoms with Crippen LogP contribution in [0.5, 0.6) is 0 Å². The summed E-state index contributed by atoms with van der Waals surface area (Å²) in [5, 5.41) is 0.986. The second-order valence-electron chi connectivity index (χ2n) is 4.45. The van der Waals surface area contributed by atoms with Crippen LogP contribution in [-0.4, -0.2) is 10.9 Å². The summed E-state index contributed by atoms with van der Waals surface area (Å²) < 4.78 is 0.950. The molecular formula is C14H15ClN2OS2. The van der Waals surface area contributed by atoms with Gasteiger partial charge in [-0.05, 0) is 31.5 Å². The summed E-state index contributed by atoms with van der Waals surface area (Å²) in [5.41, 5.74) is 7.27. The van der Waals surface area contributed by atoms with E-state index in [2.05, 4.69) is 11.9 Å². The number of primary amides is 1. The number of nitrogens with two attached hydrogens (primary N) is 1. The first-order valence-electron chi connectivity index (χ1n) is 6.12. The number of aromatic nitrogens is 1. The molecule has 20 heavy (non-hydrogen) atoms. The van der Waals surface area contributed by atoms with Crippen LogP contribution < -0.4 is 5.73 Å². The van der Waals surface area contributed by atoms with E-state index in [1.807, 2.05) is 31.2 Å². The SMILES string of the molecule is Cc1nc(S[C@H](C)c2cccc(Cl)c2)sc1CC(N)=O. The van der Waals surface area contributed by atoms with E-state index in [1.54, 1.807) is 11.8 Å². The molecule has 0 saturated carbocycles. The summed E-state index contributed by atoms with van der Waals surface area (Å²) in [5.74, 6) is -0.323. The minimum Gasteiger partial charge on any atom is -0.369 e. The molecule has 1 aromatic heterocycles. The Labute approximate surface area is 131 Å². The van der Waals surface area contributed by atoms with Crippen molar-refractivity contribution in [2.45, 2.75) is 29.9 Å². The molecule has 3 nitrogen and oxygen atoms in total. The molecule has 0 aliphatic heterocycles. The monoisotopic (exact) mass is 326 g/mol. The molecule has 0 bridgehead atoms. The molecule has 0 radical (unpaired) electrons. The lowest BCUT2D eigenvalue weighted by molar-refractivity contribution is -0.117. The zero-order valence-corrected chi connectivity index (χ0v) is 13.6. The van der Waals surface area contributed by atoms with Gasteiger partial charge in [-0.25, -0.2) is 4.98 Å². The van der Waals surface area contributed by atoms with Gasteiger partial charge < -0.3 is 5.73 Å². The van der Waals surface area contributed by atoms with Gasteiger partial charge in [-0.15, -0.1) is 11.3 Å². The quantitative estimate of drug-likeness (QED) is 0.845. The van der Waals surface area contributed by atoms with Gasteiger partial charge in [0.05, 0.1) is 12.1 Å². The van der Waals surface area contributed by atoms with E-state index in [9.17, 15) is 4.79 Å². The van der Waals surface area contributed by atoms with Crippen LogP contribution in [0.1, 0.15) is 28.3 Å². The lowest BCUT2D eigenvalue weighted by atomic mass is 10.2. The van der Waals surface area contributed by atoms with Gasteiger partial charge in [0.15, 0.2) is 4.34 Å². The van der Waals surface area contributed by atoms with Crippen LogP contribution >= 0.6 is 34.7 Å². The number of hydrogen-bond acceptors (Lipinski definition) is 4. The van der Waals surface area contributed by atoms with Crippen LogP contribution in [0.3, 0.4) is 0 Å². The largest absolute Gasteiger partial charge is 0.369 e. The fourth-order valence-electron chi connectivity index (χ4n) is 1.75. The van der Waals surface area contributed by atoms with E-state index in [0.717, 1.165) is 25.5 Å². The van der Waals surface area contributed by atoms with Crippen molar-refractivity contribution in [2.24, 2.45) is 5.73 Å². The van der Waals surface area contributed by atoms with E-state index < -0.39 is 0 Å². The molecule has 0 aliphatic carbocycles. The van der Waals surface area contributed by atoms with Gasteiger partial charge in [-0.3, -0.25) is 4.79 Å². The smallest absolute Gasteiger partial charge is 0.222 e. The number of aryl methyl sites for hydroxylation is 1. The maximum absolute atomic E-state index is 11.0. The number of hydrogen-bond donors (Lipinski definition) is 1. The number of amides is 1. The maximum atomic E-state index is 11.0. The predicted molar refractivity (Wildman–Crippen MR) is 85.5 cm³/mol. The van der Waals surface area contributed by atoms with Crippen molar-refractivity contribution in [2.75, 3.05) is 0 Å². The fourth-order valence-corrected chi connectivity index (χ4v) is 4.45. The standard InChI is InChI=1S/C14H15ClN2OS2/c1-8-12(7-13(16)18)20-14(17-8)19-9(2)10-4-3-5-11(15)6-10/h3-6,9H,7H2,1-2H3,(H2,16,18)/t9-/m1/s1. The number of nitrogens with zero attached hydrogens (tertiary/aromatic N) is 1. The van der Waals surface area contributed by atoms with Crippen molar-refractivity contribution in [3.8, 4) is 0 Å². The Morgan fingerprint density at radius 3 is 2.95 bits per heavy atom. The summed E-state index contributed by atoms with van der Waals surface area (Å²) >= 11 is 9.20. The minimum absolute atomic E-state index is 0.251. The van der Waals surface area contributed by atoms with Crippen molar-refractivity contribution in [1.82, 2.24) is 4.98 Å². The number of rotatable bonds is 5. The van der Waals surface area contributed by atoms with E-state index in [0.29, 0.717) is 0 Å². The first-order chi connectivity index (χ1) is 9.45. The van der Waals surface area contributed by atoms with E-state index in [1.165, 1.54) is 11.3 Å². The summed E-state index contributed by atoms with van der Waals surface area (Å²) in [6, 6.07) is 7.82. The topological polar surface area (TPSA) is 56.0 Å². The Balaban J connectivity index is 2.12. The molecule has 1 atom stereocenters. The third-order valence-corrected chi connectivity index (χ3v) is 5.45. The summed E-state index contributed by atoms with van der Waals surface area (Å²) in [7, 11) is 0. The van der Waals surface area contributed by atoms with Crippen LogP contribution in [0.25, 0.3) is 0 Å². The van der Waals surface area contributed by atoms with Crippen molar-refractivity contribution in [3.05, 3.63) is 45.4 Å². The maximum Gasteiger partial charge on any atom is 0.222 e. The lowest BCUT2D eigenvalue weighted by Crippen LogP contribution is -2.13. The van der Waals surface area contributed by atoms with E-state index in [-0.39, 0.29) is 17.6 Å². The van der Waals surface area contributed by atoms with Crippen LogP contribution in [0.15, 0.2) is 28.6 Å². The number of halogens is 1. The van der Waals surface area contributed by atoms with Gasteiger partial charge in [0.25, 0.3) is 0 Å². The normalized spacial score (nSPS) is 12.3. The van der Waals surface area contributed by atoms with Gasteiger partial charge in [0.2, 0.25) is 5.91 Å². The molecule has 1 heterocycles. The van der Waals surface area contributed by atoms with Gasteiger partial charge in [0.1, 0.15) is 0 Å². The van der Waals surface area contributed by atoms with Crippen LogP contribution in [-0.2, 0) is 11.2 Å². The van der Waals surface area contributed by atoms with Gasteiger partial charge >= 0.3 is 0 Å². The molecule has 1 aromatic carbocycles. The van der Waals surface area contributed by atoms with Crippen molar-refractivity contribution < 1.29 is 4.79 Å². The lowest BCUT2D eigenvalue weighted by Gasteiger charge is -2.09. The van der Waals surface area contributed by atoms with Gasteiger partial charge in [-0.2, -0.15) is 0 Å². The van der Waals surface area contributed by atoms with Crippen molar-refractivity contribution in [3.63, 3.8) is 0 Å². The van der Waals surface area contributed by atoms with Crippen LogP contribution in [0.2, 0.25) is 5.02 Å². The Morgan fingerprint density at radius 2 is 2.30 bits per heavy atom. The molecule has 2 rings (SSSR count). The summed E-state index contributed by atoms with van der Waals surface area (Å²) in [6.45, 7) is 4.02. The Kier molecular flexibility index (Phi) is 5.07. The molecule has 106 valence electrons. The molecule has 0 spiro atoms. The van der Waals surface area contributed by atoms with Crippen molar-refractivity contribution in [1.29, 1.82) is 0 Å².